The van der Waals surface area contributed by atoms with E-state index in [0.29, 0.717) is 6.54 Å². The van der Waals surface area contributed by atoms with E-state index >= 15 is 0 Å². The molecule has 1 fully saturated rings. The van der Waals surface area contributed by atoms with Gasteiger partial charge in [-0.2, -0.15) is 0 Å². The van der Waals surface area contributed by atoms with Gasteiger partial charge in [0.2, 0.25) is 5.91 Å². The molecule has 1 aliphatic heterocycles. The smallest absolute Gasteiger partial charge is 0.237 e. The normalized spacial score (nSPS) is 17.3. The molecule has 1 aromatic rings. The van der Waals surface area contributed by atoms with Gasteiger partial charge in [-0.3, -0.25) is 9.69 Å². The first-order chi connectivity index (χ1) is 11.1. The number of benzene rings is 1. The van der Waals surface area contributed by atoms with Crippen molar-refractivity contribution in [2.24, 2.45) is 11.7 Å². The molecule has 1 heterocycles. The molecule has 0 spiro atoms. The van der Waals surface area contributed by atoms with Crippen LogP contribution in [0, 0.1) is 5.92 Å². The summed E-state index contributed by atoms with van der Waals surface area (Å²) in [7, 11) is 0. The average molecular weight is 318 g/mol. The fourth-order valence-corrected chi connectivity index (χ4v) is 2.80. The van der Waals surface area contributed by atoms with Gasteiger partial charge in [0.25, 0.3) is 0 Å². The average Bonchev–Trinajstić information content (AvgIpc) is 2.59. The van der Waals surface area contributed by atoms with E-state index in [1.807, 2.05) is 13.8 Å². The number of amides is 1. The summed E-state index contributed by atoms with van der Waals surface area (Å²) < 4.78 is 0. The lowest BCUT2D eigenvalue weighted by atomic mass is 10.1. The Kier molecular flexibility index (Phi) is 6.86. The molecule has 3 N–H and O–H groups in total. The Morgan fingerprint density at radius 3 is 2.43 bits per heavy atom. The number of carbonyl (C=O) groups excluding carboxylic acids is 1. The standard InChI is InChI=1S/C18H30N4O/c1-15(2)17(19)18(23)20-9-6-10-21-11-13-22(14-12-21)16-7-4-3-5-8-16/h3-5,7-8,15,17H,6,9-14,19H2,1-2H3,(H,20,23)/t17-/m0/s1. The third kappa shape index (κ3) is 5.52. The van der Waals surface area contributed by atoms with E-state index in [1.165, 1.54) is 5.69 Å². The number of hydrogen-bond donors (Lipinski definition) is 2. The predicted molar refractivity (Wildman–Crippen MR) is 95.5 cm³/mol. The van der Waals surface area contributed by atoms with E-state index in [9.17, 15) is 4.79 Å². The molecule has 23 heavy (non-hydrogen) atoms. The summed E-state index contributed by atoms with van der Waals surface area (Å²) in [6.07, 6.45) is 0.974. The van der Waals surface area contributed by atoms with Gasteiger partial charge < -0.3 is 16.0 Å². The Labute approximate surface area is 139 Å². The van der Waals surface area contributed by atoms with Crippen LogP contribution in [0.4, 0.5) is 5.69 Å². The summed E-state index contributed by atoms with van der Waals surface area (Å²) in [5.41, 5.74) is 7.14. The number of nitrogens with one attached hydrogen (secondary N) is 1. The summed E-state index contributed by atoms with van der Waals surface area (Å²) in [5, 5.41) is 2.94. The van der Waals surface area contributed by atoms with E-state index < -0.39 is 6.04 Å². The summed E-state index contributed by atoms with van der Waals surface area (Å²) >= 11 is 0. The highest BCUT2D eigenvalue weighted by Crippen LogP contribution is 2.15. The summed E-state index contributed by atoms with van der Waals surface area (Å²) in [4.78, 5) is 16.7. The van der Waals surface area contributed by atoms with Crippen LogP contribution in [0.2, 0.25) is 0 Å². The van der Waals surface area contributed by atoms with Crippen molar-refractivity contribution >= 4 is 11.6 Å². The third-order valence-electron chi connectivity index (χ3n) is 4.46. The molecule has 1 aliphatic rings. The van der Waals surface area contributed by atoms with Crippen LogP contribution in [0.3, 0.4) is 0 Å². The van der Waals surface area contributed by atoms with Gasteiger partial charge >= 0.3 is 0 Å². The van der Waals surface area contributed by atoms with Crippen LogP contribution in [0.25, 0.3) is 0 Å². The summed E-state index contributed by atoms with van der Waals surface area (Å²) in [6.45, 7) is 9.96. The van der Waals surface area contributed by atoms with E-state index in [-0.39, 0.29) is 11.8 Å². The van der Waals surface area contributed by atoms with Crippen molar-refractivity contribution in [2.45, 2.75) is 26.3 Å². The number of carbonyl (C=O) groups is 1. The second-order valence-corrected chi connectivity index (χ2v) is 6.58. The van der Waals surface area contributed by atoms with E-state index in [0.717, 1.165) is 39.1 Å². The zero-order valence-electron chi connectivity index (χ0n) is 14.4. The quantitative estimate of drug-likeness (QED) is 0.744. The van der Waals surface area contributed by atoms with E-state index in [4.69, 9.17) is 5.73 Å². The Bertz CT molecular complexity index is 469. The van der Waals surface area contributed by atoms with Crippen LogP contribution >= 0.6 is 0 Å². The monoisotopic (exact) mass is 318 g/mol. The summed E-state index contributed by atoms with van der Waals surface area (Å²) in [6, 6.07) is 10.2. The molecular formula is C18H30N4O. The van der Waals surface area contributed by atoms with Crippen LogP contribution in [-0.4, -0.2) is 56.1 Å². The van der Waals surface area contributed by atoms with Crippen LogP contribution in [0.15, 0.2) is 30.3 Å². The van der Waals surface area contributed by atoms with Crippen LogP contribution in [0.5, 0.6) is 0 Å². The highest BCUT2D eigenvalue weighted by molar-refractivity contribution is 5.81. The minimum Gasteiger partial charge on any atom is -0.369 e. The molecule has 0 saturated carbocycles. The molecule has 128 valence electrons. The second-order valence-electron chi connectivity index (χ2n) is 6.58. The minimum absolute atomic E-state index is 0.0334. The largest absolute Gasteiger partial charge is 0.369 e. The molecule has 1 saturated heterocycles. The second kappa shape index (κ2) is 8.89. The lowest BCUT2D eigenvalue weighted by Crippen LogP contribution is -2.47. The molecule has 1 atom stereocenters. The zero-order valence-corrected chi connectivity index (χ0v) is 14.4. The number of rotatable bonds is 7. The van der Waals surface area contributed by atoms with E-state index in [1.54, 1.807) is 0 Å². The first kappa shape index (κ1) is 17.8. The maximum Gasteiger partial charge on any atom is 0.237 e. The van der Waals surface area contributed by atoms with Gasteiger partial charge in [0.1, 0.15) is 0 Å². The maximum atomic E-state index is 11.8. The maximum absolute atomic E-state index is 11.8. The number of anilines is 1. The molecule has 2 rings (SSSR count). The van der Waals surface area contributed by atoms with Crippen LogP contribution < -0.4 is 16.0 Å². The van der Waals surface area contributed by atoms with Crippen molar-refractivity contribution in [3.8, 4) is 0 Å². The number of nitrogens with two attached hydrogens (primary N) is 1. The molecule has 0 radical (unpaired) electrons. The number of nitrogens with zero attached hydrogens (tertiary/aromatic N) is 2. The molecule has 0 unspecified atom stereocenters. The van der Waals surface area contributed by atoms with Gasteiger partial charge in [-0.25, -0.2) is 0 Å². The molecular weight excluding hydrogens is 288 g/mol. The predicted octanol–water partition coefficient (Wildman–Crippen LogP) is 1.30. The highest BCUT2D eigenvalue weighted by atomic mass is 16.2. The van der Waals surface area contributed by atoms with Crippen molar-refractivity contribution < 1.29 is 4.79 Å². The topological polar surface area (TPSA) is 61.6 Å². The fourth-order valence-electron chi connectivity index (χ4n) is 2.80. The molecule has 0 aliphatic carbocycles. The number of para-hydroxylation sites is 1. The lowest BCUT2D eigenvalue weighted by Gasteiger charge is -2.36. The van der Waals surface area contributed by atoms with Gasteiger partial charge in [-0.05, 0) is 31.0 Å². The summed E-state index contributed by atoms with van der Waals surface area (Å²) in [5.74, 6) is 0.148. The molecule has 0 aromatic heterocycles. The first-order valence-corrected chi connectivity index (χ1v) is 8.63. The first-order valence-electron chi connectivity index (χ1n) is 8.63. The Hall–Kier alpha value is -1.59. The molecule has 0 bridgehead atoms. The zero-order chi connectivity index (χ0) is 16.7. The van der Waals surface area contributed by atoms with Gasteiger partial charge in [0.15, 0.2) is 0 Å². The van der Waals surface area contributed by atoms with Crippen molar-refractivity contribution in [2.75, 3.05) is 44.2 Å². The molecule has 5 nitrogen and oxygen atoms in total. The number of piperazine rings is 1. The van der Waals surface area contributed by atoms with E-state index in [2.05, 4.69) is 45.4 Å². The van der Waals surface area contributed by atoms with Crippen molar-refractivity contribution in [1.29, 1.82) is 0 Å². The molecule has 1 amide bonds. The fraction of sp³-hybridized carbons (Fsp3) is 0.611. The molecule has 5 heteroatoms. The van der Waals surface area contributed by atoms with Gasteiger partial charge in [-0.15, -0.1) is 0 Å². The lowest BCUT2D eigenvalue weighted by molar-refractivity contribution is -0.123. The molecule has 1 aromatic carbocycles. The Balaban J connectivity index is 1.61. The van der Waals surface area contributed by atoms with Crippen LogP contribution in [-0.2, 0) is 4.79 Å². The van der Waals surface area contributed by atoms with Crippen molar-refractivity contribution in [1.82, 2.24) is 10.2 Å². The Morgan fingerprint density at radius 1 is 1.17 bits per heavy atom. The Morgan fingerprint density at radius 2 is 1.83 bits per heavy atom. The third-order valence-corrected chi connectivity index (χ3v) is 4.46. The van der Waals surface area contributed by atoms with Gasteiger partial charge in [-0.1, -0.05) is 32.0 Å². The van der Waals surface area contributed by atoms with Gasteiger partial charge in [0, 0.05) is 38.4 Å². The SMILES string of the molecule is CC(C)[C@H](N)C(=O)NCCCN1CCN(c2ccccc2)CC1. The van der Waals surface area contributed by atoms with Crippen molar-refractivity contribution in [3.63, 3.8) is 0 Å². The van der Waals surface area contributed by atoms with Crippen LogP contribution in [0.1, 0.15) is 20.3 Å². The number of hydrogen-bond acceptors (Lipinski definition) is 4. The van der Waals surface area contributed by atoms with Gasteiger partial charge in [0.05, 0.1) is 6.04 Å². The van der Waals surface area contributed by atoms with Crippen molar-refractivity contribution in [3.05, 3.63) is 30.3 Å². The minimum atomic E-state index is -0.399. The highest BCUT2D eigenvalue weighted by Gasteiger charge is 2.18.